The van der Waals surface area contributed by atoms with Crippen LogP contribution in [0.25, 0.3) is 11.1 Å². The molecule has 0 aliphatic carbocycles. The molecule has 0 unspecified atom stereocenters. The van der Waals surface area contributed by atoms with E-state index in [1.54, 1.807) is 0 Å². The van der Waals surface area contributed by atoms with E-state index < -0.39 is 49.4 Å². The second-order valence-corrected chi connectivity index (χ2v) is 55.5. The van der Waals surface area contributed by atoms with Crippen molar-refractivity contribution in [3.63, 3.8) is 0 Å². The molecule has 68 heavy (non-hydrogen) atoms. The van der Waals surface area contributed by atoms with Crippen molar-refractivity contribution in [3.8, 4) is 57.7 Å². The van der Waals surface area contributed by atoms with E-state index in [9.17, 15) is 0 Å². The van der Waals surface area contributed by atoms with Gasteiger partial charge in [-0.2, -0.15) is 0 Å². The van der Waals surface area contributed by atoms with Crippen molar-refractivity contribution < 1.29 is 17.7 Å². The molecule has 0 spiro atoms. The topological polar surface area (TPSA) is 36.9 Å². The van der Waals surface area contributed by atoms with Crippen LogP contribution in [0.15, 0.2) is 70.8 Å². The number of hydrogen-bond acceptors (Lipinski definition) is 4. The van der Waals surface area contributed by atoms with E-state index in [1.807, 2.05) is 0 Å². The summed E-state index contributed by atoms with van der Waals surface area (Å²) in [4.78, 5) is 0. The quantitative estimate of drug-likeness (QED) is 0.148. The summed E-state index contributed by atoms with van der Waals surface area (Å²) in [6, 6.07) is 17.0. The summed E-state index contributed by atoms with van der Waals surface area (Å²) in [6.07, 6.45) is 0. The highest BCUT2D eigenvalue weighted by atomic mass is 28.4. The lowest BCUT2D eigenvalue weighted by Crippen LogP contribution is -2.42. The Morgan fingerprint density at radius 3 is 0.735 bits per heavy atom. The number of benzene rings is 2. The van der Waals surface area contributed by atoms with Crippen LogP contribution in [0.2, 0.25) is 112 Å². The molecule has 0 radical (unpaired) electrons. The first-order chi connectivity index (χ1) is 30.5. The second-order valence-electron chi connectivity index (χ2n) is 26.8. The third-order valence-electron chi connectivity index (χ3n) is 14.3. The van der Waals surface area contributed by atoms with Gasteiger partial charge in [0.15, 0.2) is 33.3 Å². The second kappa shape index (κ2) is 23.2. The molecule has 374 valence electrons. The molecule has 0 bridgehead atoms. The fourth-order valence-electron chi connectivity index (χ4n) is 4.98. The molecule has 0 aliphatic rings. The van der Waals surface area contributed by atoms with Crippen LogP contribution < -0.4 is 0 Å². The normalized spacial score (nSPS) is 14.2. The summed E-state index contributed by atoms with van der Waals surface area (Å²) in [5, 5.41) is 0.298. The molecule has 0 heterocycles. The molecule has 0 aliphatic heterocycles. The van der Waals surface area contributed by atoms with Gasteiger partial charge in [0.1, 0.15) is 16.1 Å². The predicted molar refractivity (Wildman–Crippen MR) is 315 cm³/mol. The Hall–Kier alpha value is -2.70. The van der Waals surface area contributed by atoms with Gasteiger partial charge in [-0.3, -0.25) is 0 Å². The lowest BCUT2D eigenvalue weighted by atomic mass is 10.0. The first-order valence-electron chi connectivity index (χ1n) is 24.8. The van der Waals surface area contributed by atoms with Gasteiger partial charge in [0.05, 0.1) is 26.4 Å². The predicted octanol–water partition coefficient (Wildman–Crippen LogP) is 16.5. The maximum Gasteiger partial charge on any atom is 0.192 e. The minimum absolute atomic E-state index is 0.0688. The van der Waals surface area contributed by atoms with E-state index in [-0.39, 0.29) is 20.2 Å². The smallest absolute Gasteiger partial charge is 0.192 e. The molecule has 0 fully saturated rings. The molecule has 0 aromatic heterocycles. The Morgan fingerprint density at radius 2 is 0.544 bits per heavy atom. The van der Waals surface area contributed by atoms with Gasteiger partial charge in [-0.1, -0.05) is 182 Å². The van der Waals surface area contributed by atoms with Gasteiger partial charge in [-0.25, -0.2) is 0 Å². The molecule has 0 N–H and O–H groups in total. The highest BCUT2D eigenvalue weighted by molar-refractivity contribution is 6.84. The standard InChI is InChI=1S/C58H94O4Si6/c1-55(2,3)65(19,20)59-43-51(53(39-41-63(13,14)15)45-61-67(23,24)57(7,8)9)37-31-47-27-33-49(34-28-47)50-35-29-48(30-36-50)32-38-52(44-60-66(21,22)56(4,5)6)54(40-42-64(16,17)18)46-62-68(25,26)58(10,11)12/h27-30,33-36H,43-46H2,1-26H3/b53-51+,54-52+. The fourth-order valence-corrected chi connectivity index (χ4v) is 9.79. The summed E-state index contributed by atoms with van der Waals surface area (Å²) in [5.74, 6) is 21.3. The minimum Gasteiger partial charge on any atom is -0.412 e. The summed E-state index contributed by atoms with van der Waals surface area (Å²) in [6.45, 7) is 61.1. The van der Waals surface area contributed by atoms with E-state index in [0.29, 0.717) is 26.4 Å². The van der Waals surface area contributed by atoms with Crippen LogP contribution >= 0.6 is 0 Å². The van der Waals surface area contributed by atoms with Gasteiger partial charge in [-0.05, 0) is 108 Å². The summed E-state index contributed by atoms with van der Waals surface area (Å²) in [7, 11) is -11.6. The Kier molecular flexibility index (Phi) is 21.0. The molecule has 10 heteroatoms. The SMILES string of the molecule is CC(C)(C)[Si](C)(C)OC/C(C#Cc1ccc(-c2ccc(C#C/C(CO[Si](C)(C)C(C)(C)C)=C(/C#C[Si](C)(C)C)CO[Si](C)(C)C(C)(C)C)cc2)cc1)=C(\C#C[Si](C)(C)C)CO[Si](C)(C)C(C)(C)C. The van der Waals surface area contributed by atoms with Gasteiger partial charge < -0.3 is 17.7 Å². The van der Waals surface area contributed by atoms with Crippen molar-refractivity contribution in [1.82, 2.24) is 0 Å². The zero-order valence-corrected chi connectivity index (χ0v) is 54.1. The molecule has 2 aromatic carbocycles. The third kappa shape index (κ3) is 19.8. The Labute approximate surface area is 425 Å². The lowest BCUT2D eigenvalue weighted by Gasteiger charge is -2.37. The van der Waals surface area contributed by atoms with Crippen molar-refractivity contribution in [1.29, 1.82) is 0 Å². The van der Waals surface area contributed by atoms with Crippen molar-refractivity contribution >= 4 is 49.4 Å². The van der Waals surface area contributed by atoms with Crippen LogP contribution in [-0.4, -0.2) is 75.8 Å². The fraction of sp³-hybridized carbons (Fsp3) is 0.586. The van der Waals surface area contributed by atoms with Gasteiger partial charge >= 0.3 is 0 Å². The summed E-state index contributed by atoms with van der Waals surface area (Å²) < 4.78 is 27.3. The van der Waals surface area contributed by atoms with Crippen LogP contribution in [0.3, 0.4) is 0 Å². The minimum atomic E-state index is -2.08. The third-order valence-corrected chi connectivity index (χ3v) is 33.9. The molecular formula is C58H94O4Si6. The van der Waals surface area contributed by atoms with Crippen molar-refractivity contribution in [2.45, 2.75) is 195 Å². The molecular weight excluding hydrogens is 929 g/mol. The molecule has 4 nitrogen and oxygen atoms in total. The molecule has 0 saturated carbocycles. The van der Waals surface area contributed by atoms with Crippen molar-refractivity contribution in [2.24, 2.45) is 0 Å². The van der Waals surface area contributed by atoms with Gasteiger partial charge in [-0.15, -0.1) is 11.1 Å². The van der Waals surface area contributed by atoms with Crippen LogP contribution in [0.1, 0.15) is 94.2 Å². The van der Waals surface area contributed by atoms with E-state index in [1.165, 1.54) is 0 Å². The summed E-state index contributed by atoms with van der Waals surface area (Å²) >= 11 is 0. The van der Waals surface area contributed by atoms with Crippen LogP contribution in [0.4, 0.5) is 0 Å². The Morgan fingerprint density at radius 1 is 0.338 bits per heavy atom. The van der Waals surface area contributed by atoms with Crippen LogP contribution in [0.5, 0.6) is 0 Å². The van der Waals surface area contributed by atoms with E-state index in [2.05, 4.69) is 270 Å². The highest BCUT2D eigenvalue weighted by Gasteiger charge is 2.40. The van der Waals surface area contributed by atoms with E-state index in [0.717, 1.165) is 44.5 Å². The molecule has 0 atom stereocenters. The largest absolute Gasteiger partial charge is 0.412 e. The highest BCUT2D eigenvalue weighted by Crippen LogP contribution is 2.40. The maximum absolute atomic E-state index is 6.83. The van der Waals surface area contributed by atoms with Gasteiger partial charge in [0.25, 0.3) is 0 Å². The summed E-state index contributed by atoms with van der Waals surface area (Å²) in [5.41, 5.74) is 15.1. The molecule has 0 saturated heterocycles. The van der Waals surface area contributed by atoms with E-state index >= 15 is 0 Å². The first kappa shape index (κ1) is 61.4. The first-order valence-corrected chi connectivity index (χ1v) is 43.4. The average molecular weight is 1020 g/mol. The number of hydrogen-bond donors (Lipinski definition) is 0. The average Bonchev–Trinajstić information content (AvgIpc) is 3.16. The van der Waals surface area contributed by atoms with Gasteiger partial charge in [0, 0.05) is 33.4 Å². The zero-order chi connectivity index (χ0) is 52.6. The van der Waals surface area contributed by atoms with E-state index in [4.69, 9.17) is 17.7 Å². The lowest BCUT2D eigenvalue weighted by molar-refractivity contribution is 0.308. The Bertz CT molecular complexity index is 2180. The molecule has 2 aromatic rings. The number of rotatable bonds is 13. The Balaban J connectivity index is 2.67. The zero-order valence-electron chi connectivity index (χ0n) is 48.1. The maximum atomic E-state index is 6.83. The van der Waals surface area contributed by atoms with Crippen molar-refractivity contribution in [3.05, 3.63) is 82.0 Å². The van der Waals surface area contributed by atoms with Crippen molar-refractivity contribution in [2.75, 3.05) is 26.4 Å². The molecule has 0 amide bonds. The monoisotopic (exact) mass is 1020 g/mol. The van der Waals surface area contributed by atoms with Gasteiger partial charge in [0.2, 0.25) is 0 Å². The molecule has 2 rings (SSSR count). The van der Waals surface area contributed by atoms with Crippen LogP contribution in [-0.2, 0) is 17.7 Å². The van der Waals surface area contributed by atoms with Crippen LogP contribution in [0, 0.1) is 46.6 Å².